The van der Waals surface area contributed by atoms with Gasteiger partial charge in [0.15, 0.2) is 17.5 Å². The van der Waals surface area contributed by atoms with Crippen molar-refractivity contribution in [3.63, 3.8) is 0 Å². The Hall–Kier alpha value is -11.4. The Morgan fingerprint density at radius 3 is 1.23 bits per heavy atom. The van der Waals surface area contributed by atoms with E-state index in [2.05, 4.69) is 200 Å². The van der Waals surface area contributed by atoms with E-state index in [4.69, 9.17) is 15.0 Å². The monoisotopic (exact) mass is 1020 g/mol. The molecule has 0 aliphatic carbocycles. The van der Waals surface area contributed by atoms with Gasteiger partial charge in [0.1, 0.15) is 0 Å². The van der Waals surface area contributed by atoms with Crippen LogP contribution in [0, 0.1) is 22.7 Å². The smallest absolute Gasteiger partial charge is 0.166 e. The van der Waals surface area contributed by atoms with Gasteiger partial charge in [-0.1, -0.05) is 152 Å². The molecule has 0 radical (unpaired) electrons. The molecule has 0 N–H and O–H groups in total. The van der Waals surface area contributed by atoms with Crippen molar-refractivity contribution in [3.8, 4) is 69.1 Å². The Morgan fingerprint density at radius 1 is 0.287 bits per heavy atom. The highest BCUT2D eigenvalue weighted by molar-refractivity contribution is 6.28. The predicted molar refractivity (Wildman–Crippen MR) is 323 cm³/mol. The van der Waals surface area contributed by atoms with Crippen molar-refractivity contribution >= 4 is 87.2 Å². The average Bonchev–Trinajstić information content (AvgIpc) is 4.41. The number of hydrogen-bond acceptors (Lipinski definition) is 5. The fraction of sp³-hybridized carbons (Fsp3) is 0. The van der Waals surface area contributed by atoms with Gasteiger partial charge in [0.2, 0.25) is 0 Å². The molecule has 16 aromatic rings. The fourth-order valence-electron chi connectivity index (χ4n) is 12.5. The molecule has 370 valence electrons. The van der Waals surface area contributed by atoms with Crippen LogP contribution in [0.5, 0.6) is 0 Å². The number of nitriles is 2. The number of rotatable bonds is 7. The summed E-state index contributed by atoms with van der Waals surface area (Å²) in [6.45, 7) is 0. The minimum Gasteiger partial charge on any atom is -0.309 e. The Kier molecular flexibility index (Phi) is 9.86. The molecule has 11 aromatic carbocycles. The molecular formula is C71H41N9. The first kappa shape index (κ1) is 44.9. The van der Waals surface area contributed by atoms with Gasteiger partial charge in [0.25, 0.3) is 0 Å². The second-order valence-electron chi connectivity index (χ2n) is 20.2. The van der Waals surface area contributed by atoms with E-state index < -0.39 is 0 Å². The molecule has 0 unspecified atom stereocenters. The quantitative estimate of drug-likeness (QED) is 0.158. The summed E-state index contributed by atoms with van der Waals surface area (Å²) >= 11 is 0. The van der Waals surface area contributed by atoms with Crippen LogP contribution in [0.15, 0.2) is 249 Å². The number of para-hydroxylation sites is 6. The first-order valence-electron chi connectivity index (χ1n) is 26.6. The van der Waals surface area contributed by atoms with E-state index in [1.54, 1.807) is 0 Å². The topological polar surface area (TPSA) is 106 Å². The first-order chi connectivity index (χ1) is 39.6. The zero-order valence-electron chi connectivity index (χ0n) is 42.7. The zero-order chi connectivity index (χ0) is 53.0. The number of hydrogen-bond donors (Lipinski definition) is 0. The third-order valence-corrected chi connectivity index (χ3v) is 15.9. The summed E-state index contributed by atoms with van der Waals surface area (Å²) in [7, 11) is 0. The van der Waals surface area contributed by atoms with E-state index in [-0.39, 0.29) is 0 Å². The van der Waals surface area contributed by atoms with E-state index in [1.807, 2.05) is 78.9 Å². The Labute approximate surface area is 457 Å². The van der Waals surface area contributed by atoms with Crippen LogP contribution in [0.2, 0.25) is 0 Å². The molecule has 5 aromatic heterocycles. The molecular weight excluding hydrogens is 979 g/mol. The van der Waals surface area contributed by atoms with Crippen molar-refractivity contribution in [2.24, 2.45) is 0 Å². The molecule has 0 fully saturated rings. The number of fused-ring (bicyclic) bond motifs is 14. The molecule has 0 saturated heterocycles. The van der Waals surface area contributed by atoms with Crippen LogP contribution in [0.4, 0.5) is 0 Å². The highest BCUT2D eigenvalue weighted by Gasteiger charge is 2.27. The van der Waals surface area contributed by atoms with E-state index in [1.165, 1.54) is 0 Å². The molecule has 80 heavy (non-hydrogen) atoms. The van der Waals surface area contributed by atoms with Crippen LogP contribution in [-0.4, -0.2) is 33.2 Å². The molecule has 0 bridgehead atoms. The number of aromatic nitrogens is 7. The molecule has 0 atom stereocenters. The fourth-order valence-corrected chi connectivity index (χ4v) is 12.5. The molecule has 0 spiro atoms. The summed E-state index contributed by atoms with van der Waals surface area (Å²) in [6, 6.07) is 90.5. The van der Waals surface area contributed by atoms with Crippen LogP contribution in [0.3, 0.4) is 0 Å². The summed E-state index contributed by atoms with van der Waals surface area (Å²) < 4.78 is 9.31. The third-order valence-electron chi connectivity index (χ3n) is 15.9. The maximum absolute atomic E-state index is 10.7. The van der Waals surface area contributed by atoms with Crippen LogP contribution in [0.1, 0.15) is 11.1 Å². The summed E-state index contributed by atoms with van der Waals surface area (Å²) in [5.74, 6) is 1.25. The average molecular weight is 1020 g/mol. The van der Waals surface area contributed by atoms with Crippen molar-refractivity contribution in [1.82, 2.24) is 33.2 Å². The second-order valence-corrected chi connectivity index (χ2v) is 20.2. The lowest BCUT2D eigenvalue weighted by molar-refractivity contribution is 1.06. The number of benzene rings is 11. The van der Waals surface area contributed by atoms with Crippen molar-refractivity contribution in [2.75, 3.05) is 0 Å². The zero-order valence-corrected chi connectivity index (χ0v) is 42.7. The molecule has 0 aliphatic rings. The number of nitrogens with zero attached hydrogens (tertiary/aromatic N) is 9. The highest BCUT2D eigenvalue weighted by atomic mass is 15.1. The molecule has 16 rings (SSSR count). The lowest BCUT2D eigenvalue weighted by Crippen LogP contribution is -2.06. The van der Waals surface area contributed by atoms with Gasteiger partial charge in [0.05, 0.1) is 78.8 Å². The maximum Gasteiger partial charge on any atom is 0.166 e. The van der Waals surface area contributed by atoms with E-state index in [0.717, 1.165) is 116 Å². The van der Waals surface area contributed by atoms with Gasteiger partial charge in [-0.3, -0.25) is 0 Å². The van der Waals surface area contributed by atoms with Gasteiger partial charge >= 0.3 is 0 Å². The third kappa shape index (κ3) is 6.59. The summed E-state index contributed by atoms with van der Waals surface area (Å²) in [5.41, 5.74) is 15.0. The highest BCUT2D eigenvalue weighted by Crippen LogP contribution is 2.46. The second kappa shape index (κ2) is 17.6. The van der Waals surface area contributed by atoms with Gasteiger partial charge in [-0.2, -0.15) is 10.5 Å². The van der Waals surface area contributed by atoms with E-state index in [0.29, 0.717) is 39.7 Å². The van der Waals surface area contributed by atoms with Gasteiger partial charge in [-0.05, 0) is 97.1 Å². The van der Waals surface area contributed by atoms with Gasteiger partial charge < -0.3 is 18.3 Å². The standard InChI is InChI=1S/C71H41N9/c72-42-44-33-37-61(79-57-28-14-10-24-49(57)51-35-38-62-65(67(51)79)53-26-12-16-30-59(53)77(62)47-20-6-2-7-21-47)56(40-44)71-75-69(46-18-4-1-5-19-46)74-70(76-71)55-34-32-45(43-73)41-64(55)80-58-29-15-11-25-50(58)52-36-39-63-66(68(52)80)54-27-13-17-31-60(54)78(63)48-22-8-3-9-23-48/h1-41H. The first-order valence-corrected chi connectivity index (χ1v) is 26.6. The van der Waals surface area contributed by atoms with Crippen LogP contribution < -0.4 is 0 Å². The van der Waals surface area contributed by atoms with Crippen molar-refractivity contribution in [3.05, 3.63) is 260 Å². The molecule has 9 nitrogen and oxygen atoms in total. The van der Waals surface area contributed by atoms with Crippen LogP contribution in [-0.2, 0) is 0 Å². The van der Waals surface area contributed by atoms with Crippen molar-refractivity contribution in [1.29, 1.82) is 10.5 Å². The normalized spacial score (nSPS) is 11.7. The van der Waals surface area contributed by atoms with Crippen molar-refractivity contribution < 1.29 is 0 Å². The lowest BCUT2D eigenvalue weighted by Gasteiger charge is -2.17. The largest absolute Gasteiger partial charge is 0.309 e. The van der Waals surface area contributed by atoms with Gasteiger partial charge in [-0.25, -0.2) is 15.0 Å². The molecule has 0 amide bonds. The minimum absolute atomic E-state index is 0.386. The predicted octanol–water partition coefficient (Wildman–Crippen LogP) is 17.0. The van der Waals surface area contributed by atoms with Gasteiger partial charge in [0, 0.05) is 71.2 Å². The Bertz CT molecular complexity index is 5320. The minimum atomic E-state index is 0.386. The molecule has 0 aliphatic heterocycles. The lowest BCUT2D eigenvalue weighted by atomic mass is 10.0. The van der Waals surface area contributed by atoms with E-state index >= 15 is 0 Å². The maximum atomic E-state index is 10.7. The van der Waals surface area contributed by atoms with Crippen molar-refractivity contribution in [2.45, 2.75) is 0 Å². The summed E-state index contributed by atoms with van der Waals surface area (Å²) in [5, 5.41) is 30.2. The molecule has 0 saturated carbocycles. The summed E-state index contributed by atoms with van der Waals surface area (Å²) in [4.78, 5) is 16.3. The van der Waals surface area contributed by atoms with E-state index in [9.17, 15) is 10.5 Å². The Morgan fingerprint density at radius 2 is 0.700 bits per heavy atom. The summed E-state index contributed by atoms with van der Waals surface area (Å²) in [6.07, 6.45) is 0. The molecule has 9 heteroatoms. The SMILES string of the molecule is N#Cc1ccc(-n2c3ccccc3c3ccc4c(c5ccccc5n4-c4ccccc4)c32)c(-c2nc(-c3ccccc3)nc(-c3ccc(C#N)cc3-n3c4ccccc4c4ccc5c(c6ccccc6n5-c5ccccc5)c43)n2)c1. The molecule has 5 heterocycles. The van der Waals surface area contributed by atoms with Gasteiger partial charge in [-0.15, -0.1) is 0 Å². The Balaban J connectivity index is 1.00. The van der Waals surface area contributed by atoms with Crippen LogP contribution in [0.25, 0.3) is 144 Å². The van der Waals surface area contributed by atoms with Crippen LogP contribution >= 0.6 is 0 Å².